The van der Waals surface area contributed by atoms with E-state index < -0.39 is 0 Å². The van der Waals surface area contributed by atoms with E-state index in [0.29, 0.717) is 30.6 Å². The van der Waals surface area contributed by atoms with E-state index in [1.165, 1.54) is 25.7 Å². The summed E-state index contributed by atoms with van der Waals surface area (Å²) in [6, 6.07) is 7.61. The summed E-state index contributed by atoms with van der Waals surface area (Å²) in [6.45, 7) is 1.30. The topological polar surface area (TPSA) is 61.4 Å². The zero-order chi connectivity index (χ0) is 15.8. The van der Waals surface area contributed by atoms with Crippen LogP contribution >= 0.6 is 0 Å². The Morgan fingerprint density at radius 2 is 2.13 bits per heavy atom. The van der Waals surface area contributed by atoms with Gasteiger partial charge in [0.1, 0.15) is 0 Å². The summed E-state index contributed by atoms with van der Waals surface area (Å²) in [5.74, 6) is 1.48. The number of carbonyl (C=O) groups is 2. The lowest BCUT2D eigenvalue weighted by Gasteiger charge is -2.20. The van der Waals surface area contributed by atoms with Gasteiger partial charge in [0.2, 0.25) is 0 Å². The Balaban J connectivity index is 1.47. The Morgan fingerprint density at radius 3 is 2.96 bits per heavy atom. The summed E-state index contributed by atoms with van der Waals surface area (Å²) in [7, 11) is 0. The molecule has 0 bridgehead atoms. The normalized spacial score (nSPS) is 29.5. The van der Waals surface area contributed by atoms with Gasteiger partial charge in [-0.15, -0.1) is 0 Å². The minimum absolute atomic E-state index is 0.0102. The van der Waals surface area contributed by atoms with Gasteiger partial charge < -0.3 is 10.6 Å². The number of hydrogen-bond donors (Lipinski definition) is 2. The van der Waals surface area contributed by atoms with Crippen molar-refractivity contribution in [2.75, 3.05) is 18.0 Å². The number of carbonyl (C=O) groups excluding carboxylic acids is 2. The molecule has 1 aromatic carbocycles. The molecule has 2 saturated carbocycles. The fourth-order valence-corrected chi connectivity index (χ4v) is 4.53. The van der Waals surface area contributed by atoms with Crippen molar-refractivity contribution in [2.45, 2.75) is 38.1 Å². The average Bonchev–Trinajstić information content (AvgIpc) is 3.26. The van der Waals surface area contributed by atoms with Crippen molar-refractivity contribution in [1.82, 2.24) is 10.6 Å². The molecule has 0 spiro atoms. The Bertz CT molecular complexity index is 630. The van der Waals surface area contributed by atoms with E-state index in [9.17, 15) is 9.59 Å². The SMILES string of the molecule is O=C(N[C@@H]1CC[C@H]2CCC[C@H]21)c1cccc(N2CCNC2=O)c1. The molecular weight excluding hydrogens is 290 g/mol. The third kappa shape index (κ3) is 2.69. The number of amides is 3. The summed E-state index contributed by atoms with van der Waals surface area (Å²) in [6.07, 6.45) is 6.25. The number of benzene rings is 1. The number of anilines is 1. The molecule has 0 radical (unpaired) electrons. The Morgan fingerprint density at radius 1 is 1.22 bits per heavy atom. The molecule has 1 heterocycles. The Hall–Kier alpha value is -2.04. The molecule has 1 aromatic rings. The van der Waals surface area contributed by atoms with Gasteiger partial charge in [0, 0.05) is 30.4 Å². The highest BCUT2D eigenvalue weighted by Crippen LogP contribution is 2.44. The molecule has 0 aromatic heterocycles. The first kappa shape index (κ1) is 14.5. The smallest absolute Gasteiger partial charge is 0.321 e. The number of hydrogen-bond acceptors (Lipinski definition) is 2. The lowest BCUT2D eigenvalue weighted by atomic mass is 9.97. The molecule has 3 aliphatic rings. The molecule has 0 unspecified atom stereocenters. The van der Waals surface area contributed by atoms with Crippen LogP contribution in [0.4, 0.5) is 10.5 Å². The van der Waals surface area contributed by atoms with Crippen LogP contribution < -0.4 is 15.5 Å². The van der Waals surface area contributed by atoms with Gasteiger partial charge in [0.05, 0.1) is 0 Å². The lowest BCUT2D eigenvalue weighted by Crippen LogP contribution is -2.37. The van der Waals surface area contributed by atoms with Gasteiger partial charge in [0.15, 0.2) is 0 Å². The standard InChI is InChI=1S/C18H23N3O2/c22-17(20-16-8-7-12-3-2-6-15(12)16)13-4-1-5-14(11-13)21-10-9-19-18(21)23/h1,4-5,11-12,15-16H,2-3,6-10H2,(H,19,23)(H,20,22)/t12-,15-,16-/m1/s1. The van der Waals surface area contributed by atoms with Gasteiger partial charge in [-0.05, 0) is 49.3 Å². The number of nitrogens with one attached hydrogen (secondary N) is 2. The van der Waals surface area contributed by atoms with Crippen LogP contribution in [0.15, 0.2) is 24.3 Å². The lowest BCUT2D eigenvalue weighted by molar-refractivity contribution is 0.0926. The van der Waals surface area contributed by atoms with Crippen molar-refractivity contribution >= 4 is 17.6 Å². The van der Waals surface area contributed by atoms with Crippen molar-refractivity contribution in [3.8, 4) is 0 Å². The van der Waals surface area contributed by atoms with Crippen LogP contribution in [0.5, 0.6) is 0 Å². The third-order valence-corrected chi connectivity index (χ3v) is 5.68. The maximum atomic E-state index is 12.6. The summed E-state index contributed by atoms with van der Waals surface area (Å²) in [5, 5.41) is 6.02. The third-order valence-electron chi connectivity index (χ3n) is 5.68. The van der Waals surface area contributed by atoms with Crippen LogP contribution in [-0.2, 0) is 0 Å². The Kier molecular flexibility index (Phi) is 3.71. The predicted molar refractivity (Wildman–Crippen MR) is 88.5 cm³/mol. The number of nitrogens with zero attached hydrogens (tertiary/aromatic N) is 1. The number of fused-ring (bicyclic) bond motifs is 1. The molecule has 122 valence electrons. The van der Waals surface area contributed by atoms with Gasteiger partial charge in [-0.1, -0.05) is 18.9 Å². The Labute approximate surface area is 136 Å². The van der Waals surface area contributed by atoms with Gasteiger partial charge in [-0.3, -0.25) is 9.69 Å². The van der Waals surface area contributed by atoms with E-state index in [2.05, 4.69) is 10.6 Å². The molecule has 1 aliphatic heterocycles. The second-order valence-electron chi connectivity index (χ2n) is 6.95. The molecule has 3 fully saturated rings. The van der Waals surface area contributed by atoms with Gasteiger partial charge in [0.25, 0.3) is 5.91 Å². The van der Waals surface area contributed by atoms with Crippen molar-refractivity contribution in [3.05, 3.63) is 29.8 Å². The van der Waals surface area contributed by atoms with E-state index >= 15 is 0 Å². The van der Waals surface area contributed by atoms with Crippen molar-refractivity contribution in [1.29, 1.82) is 0 Å². The summed E-state index contributed by atoms with van der Waals surface area (Å²) >= 11 is 0. The van der Waals surface area contributed by atoms with E-state index in [0.717, 1.165) is 18.0 Å². The molecule has 2 aliphatic carbocycles. The van der Waals surface area contributed by atoms with Crippen LogP contribution in [-0.4, -0.2) is 31.1 Å². The second-order valence-corrected chi connectivity index (χ2v) is 6.95. The van der Waals surface area contributed by atoms with E-state index in [1.807, 2.05) is 24.3 Å². The first-order chi connectivity index (χ1) is 11.2. The molecule has 5 nitrogen and oxygen atoms in total. The van der Waals surface area contributed by atoms with Gasteiger partial charge in [-0.25, -0.2) is 4.79 Å². The van der Waals surface area contributed by atoms with Crippen LogP contribution in [0.2, 0.25) is 0 Å². The zero-order valence-corrected chi connectivity index (χ0v) is 13.3. The quantitative estimate of drug-likeness (QED) is 0.901. The van der Waals surface area contributed by atoms with Crippen molar-refractivity contribution < 1.29 is 9.59 Å². The molecule has 3 atom stereocenters. The molecule has 2 N–H and O–H groups in total. The molecule has 23 heavy (non-hydrogen) atoms. The molecule has 4 rings (SSSR count). The highest BCUT2D eigenvalue weighted by atomic mass is 16.2. The highest BCUT2D eigenvalue weighted by molar-refractivity contribution is 5.98. The first-order valence-electron chi connectivity index (χ1n) is 8.68. The average molecular weight is 313 g/mol. The fourth-order valence-electron chi connectivity index (χ4n) is 4.53. The first-order valence-corrected chi connectivity index (χ1v) is 8.68. The van der Waals surface area contributed by atoms with Gasteiger partial charge in [-0.2, -0.15) is 0 Å². The van der Waals surface area contributed by atoms with Gasteiger partial charge >= 0.3 is 6.03 Å². The highest BCUT2D eigenvalue weighted by Gasteiger charge is 2.39. The van der Waals surface area contributed by atoms with Crippen LogP contribution in [0.25, 0.3) is 0 Å². The zero-order valence-electron chi connectivity index (χ0n) is 13.3. The molecule has 1 saturated heterocycles. The second kappa shape index (κ2) is 5.87. The summed E-state index contributed by atoms with van der Waals surface area (Å²) in [5.41, 5.74) is 1.43. The molecular formula is C18H23N3O2. The maximum absolute atomic E-state index is 12.6. The van der Waals surface area contributed by atoms with Crippen LogP contribution in [0.1, 0.15) is 42.5 Å². The van der Waals surface area contributed by atoms with Crippen molar-refractivity contribution in [2.24, 2.45) is 11.8 Å². The largest absolute Gasteiger partial charge is 0.349 e. The minimum Gasteiger partial charge on any atom is -0.349 e. The molecule has 5 heteroatoms. The van der Waals surface area contributed by atoms with E-state index in [-0.39, 0.29) is 11.9 Å². The number of rotatable bonds is 3. The van der Waals surface area contributed by atoms with E-state index in [1.54, 1.807) is 4.90 Å². The molecule has 3 amide bonds. The minimum atomic E-state index is -0.0906. The predicted octanol–water partition coefficient (Wildman–Crippen LogP) is 2.52. The monoisotopic (exact) mass is 313 g/mol. The van der Waals surface area contributed by atoms with E-state index in [4.69, 9.17) is 0 Å². The number of urea groups is 1. The van der Waals surface area contributed by atoms with Crippen LogP contribution in [0, 0.1) is 11.8 Å². The van der Waals surface area contributed by atoms with Crippen molar-refractivity contribution in [3.63, 3.8) is 0 Å². The summed E-state index contributed by atoms with van der Waals surface area (Å²) < 4.78 is 0. The van der Waals surface area contributed by atoms with Crippen LogP contribution in [0.3, 0.4) is 0 Å². The fraction of sp³-hybridized carbons (Fsp3) is 0.556. The summed E-state index contributed by atoms with van der Waals surface area (Å²) in [4.78, 5) is 26.1. The maximum Gasteiger partial charge on any atom is 0.321 e.